The summed E-state index contributed by atoms with van der Waals surface area (Å²) >= 11 is 7.53. The molecule has 2 aromatic rings. The van der Waals surface area contributed by atoms with Gasteiger partial charge in [0.2, 0.25) is 0 Å². The summed E-state index contributed by atoms with van der Waals surface area (Å²) in [7, 11) is 0. The molecule has 2 heterocycles. The van der Waals surface area contributed by atoms with Crippen LogP contribution in [0.15, 0.2) is 18.5 Å². The van der Waals surface area contributed by atoms with Gasteiger partial charge in [-0.25, -0.2) is 0 Å². The minimum atomic E-state index is -0.0700. The lowest BCUT2D eigenvalue weighted by Crippen LogP contribution is -2.31. The van der Waals surface area contributed by atoms with Gasteiger partial charge < -0.3 is 0 Å². The summed E-state index contributed by atoms with van der Waals surface area (Å²) in [6.07, 6.45) is 4.04. The smallest absolute Gasteiger partial charge is 0.0857 e. The van der Waals surface area contributed by atoms with Gasteiger partial charge in [-0.05, 0) is 29.6 Å². The molecule has 0 bridgehead atoms. The maximum Gasteiger partial charge on any atom is 0.0857 e. The van der Waals surface area contributed by atoms with E-state index in [2.05, 4.69) is 40.8 Å². The van der Waals surface area contributed by atoms with E-state index >= 15 is 0 Å². The monoisotopic (exact) mass is 311 g/mol. The number of nitrogens with zero attached hydrogens (tertiary/aromatic N) is 3. The molecule has 0 fully saturated rings. The second-order valence-corrected chi connectivity index (χ2v) is 6.82. The van der Waals surface area contributed by atoms with E-state index in [9.17, 15) is 0 Å². The summed E-state index contributed by atoms with van der Waals surface area (Å²) < 4.78 is 4.07. The summed E-state index contributed by atoms with van der Waals surface area (Å²) in [5, 5.41) is 4.89. The lowest BCUT2D eigenvalue weighted by molar-refractivity contribution is 0.515. The zero-order valence-corrected chi connectivity index (χ0v) is 13.3. The van der Waals surface area contributed by atoms with Crippen LogP contribution < -0.4 is 11.3 Å². The molecule has 108 valence electrons. The van der Waals surface area contributed by atoms with Crippen LogP contribution in [-0.2, 0) is 11.8 Å². The molecular weight excluding hydrogens is 294 g/mol. The number of halogens is 1. The van der Waals surface area contributed by atoms with Gasteiger partial charge in [0.1, 0.15) is 0 Å². The number of hydrogen-bond acceptors (Lipinski definition) is 6. The molecular formula is C13H18ClN5S. The molecule has 0 aliphatic carbocycles. The first-order valence-electron chi connectivity index (χ1n) is 6.30. The Kier molecular flexibility index (Phi) is 4.70. The normalized spacial score (nSPS) is 13.4. The molecule has 20 heavy (non-hydrogen) atoms. The highest BCUT2D eigenvalue weighted by atomic mass is 35.5. The van der Waals surface area contributed by atoms with Gasteiger partial charge >= 0.3 is 0 Å². The van der Waals surface area contributed by atoms with Gasteiger partial charge in [0.05, 0.1) is 21.6 Å². The zero-order chi connectivity index (χ0) is 14.8. The second kappa shape index (κ2) is 6.13. The van der Waals surface area contributed by atoms with E-state index in [1.165, 1.54) is 11.5 Å². The molecule has 2 rings (SSSR count). The van der Waals surface area contributed by atoms with Crippen molar-refractivity contribution in [3.05, 3.63) is 39.6 Å². The highest BCUT2D eigenvalue weighted by Gasteiger charge is 2.27. The van der Waals surface area contributed by atoms with Gasteiger partial charge in [0.15, 0.2) is 0 Å². The number of nitrogens with two attached hydrogens (primary N) is 1. The van der Waals surface area contributed by atoms with Gasteiger partial charge in [0, 0.05) is 17.8 Å². The summed E-state index contributed by atoms with van der Waals surface area (Å²) in [6.45, 7) is 6.33. The third-order valence-electron chi connectivity index (χ3n) is 3.02. The highest BCUT2D eigenvalue weighted by Crippen LogP contribution is 2.32. The Morgan fingerprint density at radius 3 is 2.80 bits per heavy atom. The molecule has 1 unspecified atom stereocenters. The number of hydrazine groups is 1. The van der Waals surface area contributed by atoms with Gasteiger partial charge in [0.25, 0.3) is 0 Å². The predicted molar refractivity (Wildman–Crippen MR) is 81.6 cm³/mol. The molecule has 0 amide bonds. The molecule has 0 saturated carbocycles. The van der Waals surface area contributed by atoms with Crippen LogP contribution in [0.1, 0.15) is 42.9 Å². The molecule has 3 N–H and O–H groups in total. The first-order valence-corrected chi connectivity index (χ1v) is 7.46. The van der Waals surface area contributed by atoms with E-state index in [0.717, 1.165) is 16.1 Å². The Hall–Kier alpha value is -1.08. The van der Waals surface area contributed by atoms with Gasteiger partial charge in [-0.1, -0.05) is 36.9 Å². The Bertz CT molecular complexity index is 578. The molecule has 5 nitrogen and oxygen atoms in total. The molecule has 0 saturated heterocycles. The Labute approximate surface area is 127 Å². The molecule has 7 heteroatoms. The SMILES string of the molecule is CC(C)(C)c1nnsc1C(Cc1ccncc1Cl)NN. The number of rotatable bonds is 4. The van der Waals surface area contributed by atoms with E-state index in [1.807, 2.05) is 6.07 Å². The van der Waals surface area contributed by atoms with Crippen molar-refractivity contribution in [3.8, 4) is 0 Å². The van der Waals surface area contributed by atoms with E-state index < -0.39 is 0 Å². The predicted octanol–water partition coefficient (Wildman–Crippen LogP) is 2.63. The van der Waals surface area contributed by atoms with Crippen LogP contribution in [0.2, 0.25) is 5.02 Å². The maximum absolute atomic E-state index is 6.16. The minimum Gasteiger partial charge on any atom is -0.271 e. The standard InChI is InChI=1S/C13H18ClN5S/c1-13(2,3)12-11(20-19-18-12)10(17-15)6-8-4-5-16-7-9(8)14/h4-5,7,10,17H,6,15H2,1-3H3. The lowest BCUT2D eigenvalue weighted by Gasteiger charge is -2.21. The maximum atomic E-state index is 6.16. The number of nitrogens with one attached hydrogen (secondary N) is 1. The quantitative estimate of drug-likeness (QED) is 0.670. The van der Waals surface area contributed by atoms with Crippen LogP contribution in [0.25, 0.3) is 0 Å². The van der Waals surface area contributed by atoms with Crippen LogP contribution in [0.5, 0.6) is 0 Å². The van der Waals surface area contributed by atoms with Crippen LogP contribution >= 0.6 is 23.1 Å². The van der Waals surface area contributed by atoms with Gasteiger partial charge in [-0.2, -0.15) is 0 Å². The topological polar surface area (TPSA) is 76.7 Å². The minimum absolute atomic E-state index is 0.0656. The van der Waals surface area contributed by atoms with Crippen molar-refractivity contribution < 1.29 is 0 Å². The third kappa shape index (κ3) is 3.32. The summed E-state index contributed by atoms with van der Waals surface area (Å²) in [6, 6.07) is 1.84. The van der Waals surface area contributed by atoms with Gasteiger partial charge in [-0.15, -0.1) is 5.10 Å². The van der Waals surface area contributed by atoms with Crippen LogP contribution in [0, 0.1) is 0 Å². The van der Waals surface area contributed by atoms with Crippen LogP contribution in [-0.4, -0.2) is 14.6 Å². The van der Waals surface area contributed by atoms with Crippen LogP contribution in [0.4, 0.5) is 0 Å². The molecule has 1 atom stereocenters. The fourth-order valence-corrected chi connectivity index (χ4v) is 3.08. The Morgan fingerprint density at radius 1 is 1.45 bits per heavy atom. The summed E-state index contributed by atoms with van der Waals surface area (Å²) in [5.74, 6) is 5.72. The van der Waals surface area contributed by atoms with Crippen molar-refractivity contribution in [2.45, 2.75) is 38.6 Å². The molecule has 0 radical (unpaired) electrons. The van der Waals surface area contributed by atoms with E-state index in [-0.39, 0.29) is 11.5 Å². The van der Waals surface area contributed by atoms with E-state index in [1.54, 1.807) is 12.4 Å². The lowest BCUT2D eigenvalue weighted by atomic mass is 9.89. The van der Waals surface area contributed by atoms with E-state index in [0.29, 0.717) is 11.4 Å². The fraction of sp³-hybridized carbons (Fsp3) is 0.462. The average Bonchev–Trinajstić information content (AvgIpc) is 2.87. The summed E-state index contributed by atoms with van der Waals surface area (Å²) in [4.78, 5) is 5.04. The molecule has 0 aliphatic rings. The van der Waals surface area contributed by atoms with Crippen molar-refractivity contribution >= 4 is 23.1 Å². The third-order valence-corrected chi connectivity index (χ3v) is 4.20. The second-order valence-electron chi connectivity index (χ2n) is 5.63. The first kappa shape index (κ1) is 15.3. The number of hydrogen-bond donors (Lipinski definition) is 2. The first-order chi connectivity index (χ1) is 9.43. The van der Waals surface area contributed by atoms with E-state index in [4.69, 9.17) is 17.4 Å². The highest BCUT2D eigenvalue weighted by molar-refractivity contribution is 7.05. The fourth-order valence-electron chi connectivity index (χ4n) is 1.96. The zero-order valence-electron chi connectivity index (χ0n) is 11.7. The Balaban J connectivity index is 2.30. The molecule has 0 aromatic carbocycles. The molecule has 0 spiro atoms. The summed E-state index contributed by atoms with van der Waals surface area (Å²) in [5.41, 5.74) is 4.74. The molecule has 0 aliphatic heterocycles. The van der Waals surface area contributed by atoms with Crippen molar-refractivity contribution in [1.82, 2.24) is 20.0 Å². The largest absolute Gasteiger partial charge is 0.271 e. The molecule has 2 aromatic heterocycles. The van der Waals surface area contributed by atoms with Crippen LogP contribution in [0.3, 0.4) is 0 Å². The van der Waals surface area contributed by atoms with Crippen molar-refractivity contribution in [3.63, 3.8) is 0 Å². The van der Waals surface area contributed by atoms with Crippen molar-refractivity contribution in [1.29, 1.82) is 0 Å². The average molecular weight is 312 g/mol. The number of aromatic nitrogens is 3. The van der Waals surface area contributed by atoms with Crippen molar-refractivity contribution in [2.24, 2.45) is 5.84 Å². The van der Waals surface area contributed by atoms with Crippen molar-refractivity contribution in [2.75, 3.05) is 0 Å². The van der Waals surface area contributed by atoms with Gasteiger partial charge in [-0.3, -0.25) is 16.3 Å². The Morgan fingerprint density at radius 2 is 2.20 bits per heavy atom. The number of pyridine rings is 1.